The monoisotopic (exact) mass is 343 g/mol. The van der Waals surface area contributed by atoms with E-state index in [-0.39, 0.29) is 30.0 Å². The summed E-state index contributed by atoms with van der Waals surface area (Å²) in [5.74, 6) is -2.36. The average molecular weight is 344 g/mol. The first-order valence-corrected chi connectivity index (χ1v) is 6.90. The molecule has 1 rings (SSSR count). The topological polar surface area (TPSA) is 139 Å². The number of nitro benzene ring substituents is 1. The zero-order valence-electron chi connectivity index (χ0n) is 11.9. The van der Waals surface area contributed by atoms with E-state index in [1.807, 2.05) is 0 Å². The second-order valence-corrected chi connectivity index (χ2v) is 4.83. The fraction of sp³-hybridized carbons (Fsp3) is 0.308. The molecule has 0 fully saturated rings. The van der Waals surface area contributed by atoms with Crippen LogP contribution in [-0.2, 0) is 9.59 Å². The summed E-state index contributed by atoms with van der Waals surface area (Å²) in [7, 11) is 0. The number of halogens is 1. The van der Waals surface area contributed by atoms with Gasteiger partial charge in [-0.05, 0) is 12.5 Å². The number of hydrogen-bond acceptors (Lipinski definition) is 5. The summed E-state index contributed by atoms with van der Waals surface area (Å²) < 4.78 is 0. The lowest BCUT2D eigenvalue weighted by Crippen LogP contribution is -2.37. The molecule has 3 N–H and O–H groups in total. The van der Waals surface area contributed by atoms with Crippen LogP contribution in [0.2, 0.25) is 5.02 Å². The third-order valence-electron chi connectivity index (χ3n) is 2.71. The van der Waals surface area contributed by atoms with E-state index in [2.05, 4.69) is 10.6 Å². The molecule has 10 heteroatoms. The number of carbonyl (C=O) groups is 3. The van der Waals surface area contributed by atoms with Crippen LogP contribution in [0.1, 0.15) is 23.2 Å². The van der Waals surface area contributed by atoms with Crippen molar-refractivity contribution in [3.8, 4) is 0 Å². The van der Waals surface area contributed by atoms with Crippen molar-refractivity contribution in [3.63, 3.8) is 0 Å². The zero-order valence-corrected chi connectivity index (χ0v) is 12.6. The molecule has 0 saturated carbocycles. The average Bonchev–Trinajstić information content (AvgIpc) is 2.48. The van der Waals surface area contributed by atoms with Gasteiger partial charge in [0, 0.05) is 19.0 Å². The Kier molecular flexibility index (Phi) is 6.94. The Morgan fingerprint density at radius 1 is 1.26 bits per heavy atom. The van der Waals surface area contributed by atoms with E-state index in [0.717, 1.165) is 6.07 Å². The first-order chi connectivity index (χ1) is 10.8. The first-order valence-electron chi connectivity index (χ1n) is 6.52. The highest BCUT2D eigenvalue weighted by Gasteiger charge is 2.23. The van der Waals surface area contributed by atoms with Crippen molar-refractivity contribution in [2.24, 2.45) is 0 Å². The Morgan fingerprint density at radius 2 is 1.96 bits per heavy atom. The number of carboxylic acids is 1. The van der Waals surface area contributed by atoms with Gasteiger partial charge in [0.05, 0.1) is 16.5 Å². The van der Waals surface area contributed by atoms with Crippen LogP contribution in [0.25, 0.3) is 0 Å². The molecule has 9 nitrogen and oxygen atoms in total. The molecule has 0 heterocycles. The van der Waals surface area contributed by atoms with Crippen LogP contribution in [0.5, 0.6) is 0 Å². The molecule has 124 valence electrons. The lowest BCUT2D eigenvalue weighted by atomic mass is 10.1. The lowest BCUT2D eigenvalue weighted by molar-refractivity contribution is -0.385. The van der Waals surface area contributed by atoms with E-state index in [1.54, 1.807) is 0 Å². The number of nitrogens with one attached hydrogen (secondary N) is 2. The molecule has 0 aliphatic carbocycles. The van der Waals surface area contributed by atoms with Crippen LogP contribution in [-0.4, -0.2) is 40.9 Å². The van der Waals surface area contributed by atoms with Gasteiger partial charge in [-0.2, -0.15) is 0 Å². The van der Waals surface area contributed by atoms with Crippen LogP contribution in [0.3, 0.4) is 0 Å². The minimum atomic E-state index is -0.974. The highest BCUT2D eigenvalue weighted by molar-refractivity contribution is 6.34. The van der Waals surface area contributed by atoms with Gasteiger partial charge in [-0.25, -0.2) is 0 Å². The molecule has 0 radical (unpaired) electrons. The predicted octanol–water partition coefficient (Wildman–Crippen LogP) is 0.959. The lowest BCUT2D eigenvalue weighted by Gasteiger charge is -2.08. The number of rotatable bonds is 8. The van der Waals surface area contributed by atoms with Crippen LogP contribution in [0, 0.1) is 10.1 Å². The standard InChI is InChI=1S/C13H14ClN3O6/c14-8-3-1-4-9(17(22)23)12(8)13(21)16-7-10(18)15-6-2-5-11(19)20/h1,3-4H,2,5-7H2,(H,15,18)(H,16,21)(H,19,20). The number of nitrogens with zero attached hydrogens (tertiary/aromatic N) is 1. The molecule has 1 aromatic rings. The molecule has 23 heavy (non-hydrogen) atoms. The van der Waals surface area contributed by atoms with Crippen molar-refractivity contribution >= 4 is 35.1 Å². The van der Waals surface area contributed by atoms with E-state index >= 15 is 0 Å². The van der Waals surface area contributed by atoms with E-state index in [4.69, 9.17) is 16.7 Å². The van der Waals surface area contributed by atoms with Gasteiger partial charge in [-0.15, -0.1) is 0 Å². The molecule has 0 aliphatic heterocycles. The number of benzene rings is 1. The molecule has 1 aromatic carbocycles. The van der Waals surface area contributed by atoms with Gasteiger partial charge in [-0.3, -0.25) is 24.5 Å². The number of aliphatic carboxylic acids is 1. The second kappa shape index (κ2) is 8.69. The minimum absolute atomic E-state index is 0.0849. The number of nitro groups is 1. The second-order valence-electron chi connectivity index (χ2n) is 4.42. The van der Waals surface area contributed by atoms with Crippen molar-refractivity contribution in [2.45, 2.75) is 12.8 Å². The van der Waals surface area contributed by atoms with Crippen molar-refractivity contribution in [1.29, 1.82) is 0 Å². The Balaban J connectivity index is 2.56. The van der Waals surface area contributed by atoms with Gasteiger partial charge < -0.3 is 15.7 Å². The fourth-order valence-corrected chi connectivity index (χ4v) is 1.92. The fourth-order valence-electron chi connectivity index (χ4n) is 1.67. The van der Waals surface area contributed by atoms with Crippen LogP contribution >= 0.6 is 11.6 Å². The van der Waals surface area contributed by atoms with Crippen molar-refractivity contribution < 1.29 is 24.4 Å². The van der Waals surface area contributed by atoms with E-state index in [0.29, 0.717) is 0 Å². The molecule has 0 atom stereocenters. The van der Waals surface area contributed by atoms with Gasteiger partial charge >= 0.3 is 5.97 Å². The molecule has 0 aliphatic rings. The van der Waals surface area contributed by atoms with Gasteiger partial charge in [0.1, 0.15) is 5.56 Å². The number of carboxylic acid groups (broad SMARTS) is 1. The highest BCUT2D eigenvalue weighted by atomic mass is 35.5. The zero-order chi connectivity index (χ0) is 17.4. The molecular weight excluding hydrogens is 330 g/mol. The Hall–Kier alpha value is -2.68. The van der Waals surface area contributed by atoms with Crippen LogP contribution < -0.4 is 10.6 Å². The molecule has 0 bridgehead atoms. The Labute approximate surface area is 135 Å². The summed E-state index contributed by atoms with van der Waals surface area (Å²) in [4.78, 5) is 43.9. The van der Waals surface area contributed by atoms with Gasteiger partial charge in [-0.1, -0.05) is 17.7 Å². The third-order valence-corrected chi connectivity index (χ3v) is 3.03. The third kappa shape index (κ3) is 5.91. The maximum absolute atomic E-state index is 12.0. The van der Waals surface area contributed by atoms with Crippen LogP contribution in [0.4, 0.5) is 5.69 Å². The van der Waals surface area contributed by atoms with Crippen LogP contribution in [0.15, 0.2) is 18.2 Å². The summed E-state index contributed by atoms with van der Waals surface area (Å²) in [5.41, 5.74) is -0.783. The maximum Gasteiger partial charge on any atom is 0.303 e. The Bertz CT molecular complexity index is 634. The molecule has 0 aromatic heterocycles. The maximum atomic E-state index is 12.0. The summed E-state index contributed by atoms with van der Waals surface area (Å²) in [6, 6.07) is 3.80. The largest absolute Gasteiger partial charge is 0.481 e. The summed E-state index contributed by atoms with van der Waals surface area (Å²) >= 11 is 5.79. The van der Waals surface area contributed by atoms with Gasteiger partial charge in [0.2, 0.25) is 5.91 Å². The van der Waals surface area contributed by atoms with E-state index in [1.165, 1.54) is 12.1 Å². The Morgan fingerprint density at radius 3 is 2.57 bits per heavy atom. The predicted molar refractivity (Wildman–Crippen MR) is 80.3 cm³/mol. The summed E-state index contributed by atoms with van der Waals surface area (Å²) in [6.45, 7) is -0.262. The smallest absolute Gasteiger partial charge is 0.303 e. The van der Waals surface area contributed by atoms with E-state index < -0.39 is 34.9 Å². The SMILES string of the molecule is O=C(O)CCCNC(=O)CNC(=O)c1c(Cl)cccc1[N+](=O)[O-]. The summed E-state index contributed by atoms with van der Waals surface area (Å²) in [5, 5.41) is 23.9. The van der Waals surface area contributed by atoms with Crippen molar-refractivity contribution in [1.82, 2.24) is 10.6 Å². The number of amides is 2. The number of hydrogen-bond donors (Lipinski definition) is 3. The van der Waals surface area contributed by atoms with Crippen molar-refractivity contribution in [3.05, 3.63) is 38.9 Å². The highest BCUT2D eigenvalue weighted by Crippen LogP contribution is 2.25. The molecule has 0 unspecified atom stereocenters. The molecular formula is C13H14ClN3O6. The van der Waals surface area contributed by atoms with Gasteiger partial charge in [0.15, 0.2) is 0 Å². The first kappa shape index (κ1) is 18.4. The quantitative estimate of drug-likeness (QED) is 0.365. The normalized spacial score (nSPS) is 9.96. The molecule has 0 saturated heterocycles. The molecule has 0 spiro atoms. The van der Waals surface area contributed by atoms with Gasteiger partial charge in [0.25, 0.3) is 11.6 Å². The van der Waals surface area contributed by atoms with Crippen molar-refractivity contribution in [2.75, 3.05) is 13.1 Å². The number of carbonyl (C=O) groups excluding carboxylic acids is 2. The molecule has 2 amide bonds. The minimum Gasteiger partial charge on any atom is -0.481 e. The summed E-state index contributed by atoms with van der Waals surface area (Å²) in [6.07, 6.45) is 0.170. The van der Waals surface area contributed by atoms with E-state index in [9.17, 15) is 24.5 Å².